The zero-order valence-corrected chi connectivity index (χ0v) is 17.2. The Labute approximate surface area is 166 Å². The Morgan fingerprint density at radius 1 is 0.889 bits per heavy atom. The van der Waals surface area contributed by atoms with Gasteiger partial charge in [0.05, 0.1) is 6.07 Å². The van der Waals surface area contributed by atoms with E-state index < -0.39 is 0 Å². The van der Waals surface area contributed by atoms with Gasteiger partial charge in [-0.3, -0.25) is 0 Å². The highest BCUT2D eigenvalue weighted by atomic mass is 14.4. The van der Waals surface area contributed by atoms with E-state index in [0.717, 1.165) is 17.8 Å². The van der Waals surface area contributed by atoms with Crippen LogP contribution in [0.5, 0.6) is 0 Å². The van der Waals surface area contributed by atoms with Gasteiger partial charge in [-0.2, -0.15) is 5.26 Å². The lowest BCUT2D eigenvalue weighted by molar-refractivity contribution is 0.171. The molecule has 0 heterocycles. The Morgan fingerprint density at radius 2 is 1.52 bits per heavy atom. The van der Waals surface area contributed by atoms with E-state index in [1.165, 1.54) is 82.6 Å². The van der Waals surface area contributed by atoms with Gasteiger partial charge in [-0.05, 0) is 99.0 Å². The van der Waals surface area contributed by atoms with Crippen LogP contribution in [0, 0.1) is 29.1 Å². The monoisotopic (exact) mass is 363 g/mol. The van der Waals surface area contributed by atoms with Crippen LogP contribution in [0.2, 0.25) is 0 Å². The summed E-state index contributed by atoms with van der Waals surface area (Å²) in [6.45, 7) is 2.27. The van der Waals surface area contributed by atoms with Crippen molar-refractivity contribution in [1.82, 2.24) is 0 Å². The van der Waals surface area contributed by atoms with Crippen LogP contribution in [0.15, 0.2) is 36.4 Å². The van der Waals surface area contributed by atoms with E-state index in [4.69, 9.17) is 5.26 Å². The summed E-state index contributed by atoms with van der Waals surface area (Å²) >= 11 is 0. The first kappa shape index (κ1) is 20.2. The van der Waals surface area contributed by atoms with E-state index in [1.807, 2.05) is 0 Å². The van der Waals surface area contributed by atoms with Crippen molar-refractivity contribution in [2.24, 2.45) is 17.8 Å². The lowest BCUT2D eigenvalue weighted by atomic mass is 9.68. The molecule has 2 aliphatic carbocycles. The van der Waals surface area contributed by atoms with Crippen LogP contribution >= 0.6 is 0 Å². The van der Waals surface area contributed by atoms with Crippen LogP contribution in [0.3, 0.4) is 0 Å². The molecule has 0 unspecified atom stereocenters. The molecule has 2 saturated carbocycles. The van der Waals surface area contributed by atoms with Gasteiger partial charge in [-0.1, -0.05) is 50.1 Å². The van der Waals surface area contributed by atoms with Gasteiger partial charge in [-0.25, -0.2) is 0 Å². The number of nitrogens with zero attached hydrogens (tertiary/aromatic N) is 1. The third-order valence-electron chi connectivity index (χ3n) is 7.22. The molecular formula is C26H37N. The Bertz CT molecular complexity index is 605. The van der Waals surface area contributed by atoms with Gasteiger partial charge < -0.3 is 0 Å². The fourth-order valence-electron chi connectivity index (χ4n) is 5.45. The lowest BCUT2D eigenvalue weighted by Gasteiger charge is -2.37. The second-order valence-electron chi connectivity index (χ2n) is 8.97. The van der Waals surface area contributed by atoms with Crippen molar-refractivity contribution < 1.29 is 0 Å². The highest BCUT2D eigenvalue weighted by Crippen LogP contribution is 2.44. The number of aryl methyl sites for hydroxylation is 1. The average molecular weight is 364 g/mol. The number of benzene rings is 1. The van der Waals surface area contributed by atoms with Crippen LogP contribution in [-0.2, 0) is 6.42 Å². The first-order valence-corrected chi connectivity index (χ1v) is 11.4. The zero-order chi connectivity index (χ0) is 18.9. The smallest absolute Gasteiger partial charge is 0.0908 e. The van der Waals surface area contributed by atoms with E-state index >= 15 is 0 Å². The molecule has 0 radical (unpaired) electrons. The molecule has 1 aromatic carbocycles. The Kier molecular flexibility index (Phi) is 8.00. The Morgan fingerprint density at radius 3 is 2.11 bits per heavy atom. The second-order valence-corrected chi connectivity index (χ2v) is 8.97. The average Bonchev–Trinajstić information content (AvgIpc) is 2.73. The van der Waals surface area contributed by atoms with Crippen LogP contribution in [-0.4, -0.2) is 0 Å². The van der Waals surface area contributed by atoms with Crippen LogP contribution in [0.1, 0.15) is 94.6 Å². The van der Waals surface area contributed by atoms with E-state index in [9.17, 15) is 0 Å². The highest BCUT2D eigenvalue weighted by Gasteiger charge is 2.30. The minimum Gasteiger partial charge on any atom is -0.193 e. The van der Waals surface area contributed by atoms with Gasteiger partial charge in [0.25, 0.3) is 0 Å². The molecular weight excluding hydrogens is 326 g/mol. The normalized spacial score (nSPS) is 28.9. The van der Waals surface area contributed by atoms with Crippen LogP contribution in [0.25, 0.3) is 0 Å². The zero-order valence-electron chi connectivity index (χ0n) is 17.2. The quantitative estimate of drug-likeness (QED) is 0.362. The molecule has 1 heteroatoms. The van der Waals surface area contributed by atoms with Crippen molar-refractivity contribution in [3.05, 3.63) is 47.5 Å². The van der Waals surface area contributed by atoms with Crippen molar-refractivity contribution in [2.45, 2.75) is 89.9 Å². The molecule has 27 heavy (non-hydrogen) atoms. The van der Waals surface area contributed by atoms with E-state index in [-0.39, 0.29) is 0 Å². The van der Waals surface area contributed by atoms with Crippen molar-refractivity contribution in [2.75, 3.05) is 0 Å². The van der Waals surface area contributed by atoms with Gasteiger partial charge in [0.15, 0.2) is 0 Å². The van der Waals surface area contributed by atoms with Crippen molar-refractivity contribution in [3.8, 4) is 6.07 Å². The van der Waals surface area contributed by atoms with Gasteiger partial charge in [0.2, 0.25) is 0 Å². The third kappa shape index (κ3) is 5.97. The van der Waals surface area contributed by atoms with Gasteiger partial charge >= 0.3 is 0 Å². The summed E-state index contributed by atoms with van der Waals surface area (Å²) in [5.74, 6) is 3.35. The summed E-state index contributed by atoms with van der Waals surface area (Å²) in [6, 6.07) is 11.7. The van der Waals surface area contributed by atoms with Gasteiger partial charge in [0.1, 0.15) is 0 Å². The molecule has 2 fully saturated rings. The molecule has 0 saturated heterocycles. The number of hydrogen-bond donors (Lipinski definition) is 0. The van der Waals surface area contributed by atoms with Crippen molar-refractivity contribution in [3.63, 3.8) is 0 Å². The molecule has 0 bridgehead atoms. The van der Waals surface area contributed by atoms with Crippen LogP contribution in [0.4, 0.5) is 0 Å². The molecule has 0 N–H and O–H groups in total. The summed E-state index contributed by atoms with van der Waals surface area (Å²) in [5.41, 5.74) is 3.10. The molecule has 0 aliphatic heterocycles. The summed E-state index contributed by atoms with van der Waals surface area (Å²) < 4.78 is 0. The Balaban J connectivity index is 1.42. The summed E-state index contributed by atoms with van der Waals surface area (Å²) in [5, 5.41) is 8.70. The molecule has 3 rings (SSSR count). The van der Waals surface area contributed by atoms with Gasteiger partial charge in [-0.15, -0.1) is 0 Å². The number of unbranched alkanes of at least 4 members (excludes halogenated alkanes) is 2. The number of allylic oxidation sites excluding steroid dienone is 2. The van der Waals surface area contributed by atoms with Crippen molar-refractivity contribution in [1.29, 1.82) is 5.26 Å². The fourth-order valence-corrected chi connectivity index (χ4v) is 5.45. The highest BCUT2D eigenvalue weighted by molar-refractivity contribution is 5.26. The van der Waals surface area contributed by atoms with E-state index in [1.54, 1.807) is 11.6 Å². The molecule has 0 amide bonds. The second kappa shape index (κ2) is 10.7. The Hall–Kier alpha value is -1.55. The topological polar surface area (TPSA) is 23.8 Å². The minimum atomic E-state index is 0.660. The SMILES string of the molecule is CCCCCc1ccc([C@H]2CC[C@H](C3CCC(/C=C/C#N)CC3)CC2)cc1. The first-order chi connectivity index (χ1) is 13.3. The maximum Gasteiger partial charge on any atom is 0.0908 e. The standard InChI is InChI=1S/C26H37N/c1-2-3-4-6-21-8-12-23(13-9-21)25-16-18-26(19-17-25)24-14-10-22(11-15-24)7-5-20-27/h5,7-9,12-13,22,24-26H,2-4,6,10-11,14-19H2,1H3/b7-5+/t22?,24?,25-,26-. The summed E-state index contributed by atoms with van der Waals surface area (Å²) in [7, 11) is 0. The first-order valence-electron chi connectivity index (χ1n) is 11.4. The predicted molar refractivity (Wildman–Crippen MR) is 115 cm³/mol. The predicted octanol–water partition coefficient (Wildman–Crippen LogP) is 7.58. The molecule has 2 aliphatic rings. The van der Waals surface area contributed by atoms with Crippen LogP contribution < -0.4 is 0 Å². The minimum absolute atomic E-state index is 0.660. The number of nitriles is 1. The maximum absolute atomic E-state index is 8.70. The van der Waals surface area contributed by atoms with Gasteiger partial charge in [0, 0.05) is 6.08 Å². The summed E-state index contributed by atoms with van der Waals surface area (Å²) in [6.07, 6.45) is 20.0. The molecule has 0 aromatic heterocycles. The number of hydrogen-bond acceptors (Lipinski definition) is 1. The molecule has 1 nitrogen and oxygen atoms in total. The third-order valence-corrected chi connectivity index (χ3v) is 7.22. The number of rotatable bonds is 7. The maximum atomic E-state index is 8.70. The lowest BCUT2D eigenvalue weighted by Crippen LogP contribution is -2.25. The largest absolute Gasteiger partial charge is 0.193 e. The van der Waals surface area contributed by atoms with E-state index in [2.05, 4.69) is 43.3 Å². The molecule has 0 spiro atoms. The van der Waals surface area contributed by atoms with E-state index in [0.29, 0.717) is 5.92 Å². The summed E-state index contributed by atoms with van der Waals surface area (Å²) in [4.78, 5) is 0. The fraction of sp³-hybridized carbons (Fsp3) is 0.654. The molecule has 0 atom stereocenters. The van der Waals surface area contributed by atoms with Crippen molar-refractivity contribution >= 4 is 0 Å². The molecule has 146 valence electrons. The molecule has 1 aromatic rings.